The molecule has 2 amide bonds. The number of carbonyl (C=O) groups excluding carboxylic acids is 2. The van der Waals surface area contributed by atoms with Gasteiger partial charge in [0, 0.05) is 38.7 Å². The number of hydrogen-bond acceptors (Lipinski definition) is 4. The second-order valence-corrected chi connectivity index (χ2v) is 6.56. The van der Waals surface area contributed by atoms with Crippen LogP contribution in [0.5, 0.6) is 0 Å². The van der Waals surface area contributed by atoms with Crippen LogP contribution in [0.15, 0.2) is 36.5 Å². The first-order chi connectivity index (χ1) is 13.5. The molecule has 1 aromatic carbocycles. The molecule has 1 fully saturated rings. The molecule has 0 bridgehead atoms. The van der Waals surface area contributed by atoms with Crippen LogP contribution in [0.4, 0.5) is 20.3 Å². The van der Waals surface area contributed by atoms with Crippen molar-refractivity contribution < 1.29 is 18.4 Å². The van der Waals surface area contributed by atoms with Gasteiger partial charge in [-0.2, -0.15) is 0 Å². The van der Waals surface area contributed by atoms with Crippen LogP contribution in [-0.4, -0.2) is 47.9 Å². The highest BCUT2D eigenvalue weighted by Gasteiger charge is 2.19. The summed E-state index contributed by atoms with van der Waals surface area (Å²) in [4.78, 5) is 32.4. The van der Waals surface area contributed by atoms with E-state index in [2.05, 4.69) is 15.2 Å². The normalized spacial score (nSPS) is 14.5. The Morgan fingerprint density at radius 1 is 1.11 bits per heavy atom. The fourth-order valence-corrected chi connectivity index (χ4v) is 3.14. The van der Waals surface area contributed by atoms with Crippen molar-refractivity contribution in [3.63, 3.8) is 0 Å². The maximum absolute atomic E-state index is 13.7. The first-order valence-electron chi connectivity index (χ1n) is 9.23. The number of aromatic nitrogens is 1. The quantitative estimate of drug-likeness (QED) is 0.874. The van der Waals surface area contributed by atoms with E-state index in [0.29, 0.717) is 31.3 Å². The molecule has 1 aliphatic heterocycles. The Kier molecular flexibility index (Phi) is 6.18. The van der Waals surface area contributed by atoms with Crippen LogP contribution in [0.3, 0.4) is 0 Å². The molecule has 1 aliphatic rings. The molecule has 0 saturated carbocycles. The highest BCUT2D eigenvalue weighted by molar-refractivity contribution is 6.04. The van der Waals surface area contributed by atoms with Gasteiger partial charge in [0.1, 0.15) is 17.5 Å². The van der Waals surface area contributed by atoms with Crippen molar-refractivity contribution in [3.05, 3.63) is 53.7 Å². The molecule has 0 spiro atoms. The molecule has 148 valence electrons. The van der Waals surface area contributed by atoms with Gasteiger partial charge < -0.3 is 15.1 Å². The van der Waals surface area contributed by atoms with E-state index in [1.807, 2.05) is 11.8 Å². The highest BCUT2D eigenvalue weighted by atomic mass is 19.1. The summed E-state index contributed by atoms with van der Waals surface area (Å²) in [5, 5.41) is 2.56. The number of carbonyl (C=O) groups is 2. The molecule has 8 heteroatoms. The number of anilines is 2. The molecule has 3 rings (SSSR count). The van der Waals surface area contributed by atoms with Crippen LogP contribution in [0.25, 0.3) is 0 Å². The van der Waals surface area contributed by atoms with E-state index in [4.69, 9.17) is 0 Å². The molecular formula is C20H22F2N4O2. The van der Waals surface area contributed by atoms with E-state index in [0.717, 1.165) is 37.5 Å². The molecule has 1 saturated heterocycles. The van der Waals surface area contributed by atoms with Crippen LogP contribution in [0.2, 0.25) is 0 Å². The Morgan fingerprint density at radius 3 is 2.61 bits per heavy atom. The fourth-order valence-electron chi connectivity index (χ4n) is 3.14. The highest BCUT2D eigenvalue weighted by Crippen LogP contribution is 2.18. The topological polar surface area (TPSA) is 65.5 Å². The van der Waals surface area contributed by atoms with Crippen molar-refractivity contribution in [1.82, 2.24) is 9.88 Å². The molecule has 0 radical (unpaired) electrons. The number of amides is 2. The monoisotopic (exact) mass is 388 g/mol. The Balaban J connectivity index is 1.63. The van der Waals surface area contributed by atoms with Crippen LogP contribution < -0.4 is 10.2 Å². The van der Waals surface area contributed by atoms with E-state index in [1.165, 1.54) is 6.20 Å². The number of nitrogens with zero attached hydrogens (tertiary/aromatic N) is 3. The molecule has 1 N–H and O–H groups in total. The lowest BCUT2D eigenvalue weighted by molar-refractivity contribution is -0.130. The molecule has 28 heavy (non-hydrogen) atoms. The third kappa shape index (κ3) is 4.62. The van der Waals surface area contributed by atoms with Gasteiger partial charge in [-0.3, -0.25) is 9.59 Å². The zero-order valence-electron chi connectivity index (χ0n) is 15.6. The minimum atomic E-state index is -0.919. The fraction of sp³-hybridized carbons (Fsp3) is 0.350. The first-order valence-corrected chi connectivity index (χ1v) is 9.23. The number of halogens is 2. The number of pyridine rings is 1. The average Bonchev–Trinajstić information content (AvgIpc) is 2.94. The molecule has 1 aromatic heterocycles. The van der Waals surface area contributed by atoms with Crippen LogP contribution in [0, 0.1) is 11.6 Å². The standard InChI is InChI=1S/C20H22F2N4O2/c1-2-19(27)26-9-3-8-25(10-11-26)18-7-5-15(13-23-18)24-20(28)16-6-4-14(21)12-17(16)22/h4-7,12-13H,2-3,8-11H2,1H3,(H,24,28). The number of benzene rings is 1. The molecule has 0 atom stereocenters. The van der Waals surface area contributed by atoms with E-state index in [-0.39, 0.29) is 11.5 Å². The Morgan fingerprint density at radius 2 is 1.93 bits per heavy atom. The van der Waals surface area contributed by atoms with E-state index >= 15 is 0 Å². The molecule has 6 nitrogen and oxygen atoms in total. The Labute approximate surface area is 162 Å². The smallest absolute Gasteiger partial charge is 0.258 e. The van der Waals surface area contributed by atoms with Gasteiger partial charge in [0.2, 0.25) is 5.91 Å². The van der Waals surface area contributed by atoms with Crippen molar-refractivity contribution in [1.29, 1.82) is 0 Å². The summed E-state index contributed by atoms with van der Waals surface area (Å²) in [5.41, 5.74) is 0.175. The predicted molar refractivity (Wildman–Crippen MR) is 102 cm³/mol. The second kappa shape index (κ2) is 8.77. The van der Waals surface area contributed by atoms with Gasteiger partial charge in [-0.1, -0.05) is 6.92 Å². The van der Waals surface area contributed by atoms with Crippen molar-refractivity contribution in [3.8, 4) is 0 Å². The second-order valence-electron chi connectivity index (χ2n) is 6.56. The number of rotatable bonds is 4. The maximum Gasteiger partial charge on any atom is 0.258 e. The summed E-state index contributed by atoms with van der Waals surface area (Å²) in [5.74, 6) is -1.43. The summed E-state index contributed by atoms with van der Waals surface area (Å²) in [6, 6.07) is 6.26. The third-order valence-electron chi connectivity index (χ3n) is 4.66. The van der Waals surface area contributed by atoms with Gasteiger partial charge in [0.05, 0.1) is 17.4 Å². The molecule has 0 unspecified atom stereocenters. The molecule has 2 heterocycles. The van der Waals surface area contributed by atoms with Gasteiger partial charge in [-0.15, -0.1) is 0 Å². The van der Waals surface area contributed by atoms with Crippen LogP contribution in [-0.2, 0) is 4.79 Å². The van der Waals surface area contributed by atoms with Crippen molar-refractivity contribution in [2.24, 2.45) is 0 Å². The van der Waals surface area contributed by atoms with E-state index in [1.54, 1.807) is 12.1 Å². The summed E-state index contributed by atoms with van der Waals surface area (Å²) in [6.07, 6.45) is 2.85. The van der Waals surface area contributed by atoms with Gasteiger partial charge in [-0.05, 0) is 30.7 Å². The summed E-state index contributed by atoms with van der Waals surface area (Å²) in [6.45, 7) is 4.72. The van der Waals surface area contributed by atoms with Gasteiger partial charge in [0.15, 0.2) is 0 Å². The van der Waals surface area contributed by atoms with E-state index < -0.39 is 17.5 Å². The number of nitrogens with one attached hydrogen (secondary N) is 1. The SMILES string of the molecule is CCC(=O)N1CCCN(c2ccc(NC(=O)c3ccc(F)cc3F)cn2)CC1. The van der Waals surface area contributed by atoms with Crippen molar-refractivity contribution in [2.75, 3.05) is 36.4 Å². The predicted octanol–water partition coefficient (Wildman–Crippen LogP) is 3.06. The van der Waals surface area contributed by atoms with Gasteiger partial charge in [-0.25, -0.2) is 13.8 Å². The molecule has 0 aliphatic carbocycles. The lowest BCUT2D eigenvalue weighted by Gasteiger charge is -2.22. The van der Waals surface area contributed by atoms with Crippen molar-refractivity contribution in [2.45, 2.75) is 19.8 Å². The third-order valence-corrected chi connectivity index (χ3v) is 4.66. The van der Waals surface area contributed by atoms with E-state index in [9.17, 15) is 18.4 Å². The summed E-state index contributed by atoms with van der Waals surface area (Å²) >= 11 is 0. The Hall–Kier alpha value is -3.03. The zero-order valence-corrected chi connectivity index (χ0v) is 15.6. The molecule has 2 aromatic rings. The van der Waals surface area contributed by atoms with Gasteiger partial charge in [0.25, 0.3) is 5.91 Å². The largest absolute Gasteiger partial charge is 0.355 e. The van der Waals surface area contributed by atoms with Gasteiger partial charge >= 0.3 is 0 Å². The Bertz CT molecular complexity index is 858. The minimum Gasteiger partial charge on any atom is -0.355 e. The minimum absolute atomic E-state index is 0.154. The summed E-state index contributed by atoms with van der Waals surface area (Å²) < 4.78 is 26.7. The lowest BCUT2D eigenvalue weighted by Crippen LogP contribution is -2.34. The molecular weight excluding hydrogens is 366 g/mol. The zero-order chi connectivity index (χ0) is 20.1. The summed E-state index contributed by atoms with van der Waals surface area (Å²) in [7, 11) is 0. The number of hydrogen-bond donors (Lipinski definition) is 1. The average molecular weight is 388 g/mol. The van der Waals surface area contributed by atoms with Crippen molar-refractivity contribution >= 4 is 23.3 Å². The lowest BCUT2D eigenvalue weighted by atomic mass is 10.2. The van der Waals surface area contributed by atoms with Crippen LogP contribution >= 0.6 is 0 Å². The maximum atomic E-state index is 13.7. The first kappa shape index (κ1) is 19.7. The van der Waals surface area contributed by atoms with Crippen LogP contribution in [0.1, 0.15) is 30.1 Å².